The minimum atomic E-state index is -1.05. The fraction of sp³-hybridized carbons (Fsp3) is 0.500. The first-order valence-corrected chi connectivity index (χ1v) is 7.50. The van der Waals surface area contributed by atoms with Gasteiger partial charge in [0.15, 0.2) is 0 Å². The number of rotatable bonds is 3. The standard InChI is InChI=1S/C16H18N2O3/c17-9-3-4-10(16(20)21)11(6-9)18-15(19)14-12-7-1-2-8(5-7)13(12)14/h3-4,6-8,12-14H,1-2,5,17H2,(H,18,19)(H,20,21). The number of nitrogens with one attached hydrogen (secondary N) is 1. The van der Waals surface area contributed by atoms with Crippen molar-refractivity contribution in [1.82, 2.24) is 0 Å². The SMILES string of the molecule is Nc1ccc(C(=O)O)c(NC(=O)C2C3C4CCC(C4)C23)c1. The zero-order chi connectivity index (χ0) is 14.7. The molecule has 4 atom stereocenters. The van der Waals surface area contributed by atoms with Crippen LogP contribution in [0.5, 0.6) is 0 Å². The Morgan fingerprint density at radius 1 is 1.19 bits per heavy atom. The number of hydrogen-bond acceptors (Lipinski definition) is 3. The number of nitrogen functional groups attached to an aromatic ring is 1. The fourth-order valence-corrected chi connectivity index (χ4v) is 4.74. The molecule has 3 fully saturated rings. The summed E-state index contributed by atoms with van der Waals surface area (Å²) in [5, 5.41) is 12.0. The summed E-state index contributed by atoms with van der Waals surface area (Å²) in [6.45, 7) is 0. The van der Waals surface area contributed by atoms with Gasteiger partial charge in [-0.3, -0.25) is 4.79 Å². The van der Waals surface area contributed by atoms with E-state index in [0.717, 1.165) is 11.8 Å². The maximum atomic E-state index is 12.4. The Labute approximate surface area is 122 Å². The third-order valence-corrected chi connectivity index (χ3v) is 5.57. The van der Waals surface area contributed by atoms with Crippen molar-refractivity contribution in [3.8, 4) is 0 Å². The van der Waals surface area contributed by atoms with Gasteiger partial charge in [0.2, 0.25) is 5.91 Å². The molecule has 5 heteroatoms. The molecule has 0 radical (unpaired) electrons. The molecule has 110 valence electrons. The van der Waals surface area contributed by atoms with Gasteiger partial charge in [0.1, 0.15) is 0 Å². The molecule has 0 heterocycles. The van der Waals surface area contributed by atoms with E-state index in [0.29, 0.717) is 23.2 Å². The maximum Gasteiger partial charge on any atom is 0.337 e. The van der Waals surface area contributed by atoms with Crippen LogP contribution in [-0.4, -0.2) is 17.0 Å². The highest BCUT2D eigenvalue weighted by Gasteiger charge is 2.67. The molecule has 3 aliphatic carbocycles. The highest BCUT2D eigenvalue weighted by Crippen LogP contribution is 2.69. The number of anilines is 2. The van der Waals surface area contributed by atoms with Crippen LogP contribution in [0.4, 0.5) is 11.4 Å². The smallest absolute Gasteiger partial charge is 0.337 e. The van der Waals surface area contributed by atoms with Crippen LogP contribution in [0.15, 0.2) is 18.2 Å². The monoisotopic (exact) mass is 286 g/mol. The fourth-order valence-electron chi connectivity index (χ4n) is 4.74. The number of aromatic carboxylic acids is 1. The second-order valence-electron chi connectivity index (χ2n) is 6.61. The normalized spacial score (nSPS) is 35.3. The molecule has 0 aliphatic heterocycles. The summed E-state index contributed by atoms with van der Waals surface area (Å²) in [4.78, 5) is 23.7. The van der Waals surface area contributed by atoms with Gasteiger partial charge < -0.3 is 16.2 Å². The number of carboxylic acid groups (broad SMARTS) is 1. The molecular formula is C16H18N2O3. The molecule has 3 saturated carbocycles. The summed E-state index contributed by atoms with van der Waals surface area (Å²) in [6.07, 6.45) is 3.81. The summed E-state index contributed by atoms with van der Waals surface area (Å²) in [6, 6.07) is 4.49. The maximum absolute atomic E-state index is 12.4. The quantitative estimate of drug-likeness (QED) is 0.743. The van der Waals surface area contributed by atoms with Crippen molar-refractivity contribution in [2.75, 3.05) is 11.1 Å². The Hall–Kier alpha value is -2.04. The molecular weight excluding hydrogens is 268 g/mol. The zero-order valence-electron chi connectivity index (χ0n) is 11.6. The van der Waals surface area contributed by atoms with Gasteiger partial charge in [0, 0.05) is 11.6 Å². The van der Waals surface area contributed by atoms with Crippen molar-refractivity contribution in [1.29, 1.82) is 0 Å². The van der Waals surface area contributed by atoms with E-state index in [4.69, 9.17) is 5.73 Å². The molecule has 0 aromatic heterocycles. The highest BCUT2D eigenvalue weighted by atomic mass is 16.4. The van der Waals surface area contributed by atoms with E-state index < -0.39 is 5.97 Å². The van der Waals surface area contributed by atoms with E-state index in [2.05, 4.69) is 5.32 Å². The number of carbonyl (C=O) groups excluding carboxylic acids is 1. The van der Waals surface area contributed by atoms with Crippen LogP contribution in [0.1, 0.15) is 29.6 Å². The Morgan fingerprint density at radius 2 is 1.86 bits per heavy atom. The minimum absolute atomic E-state index is 0.0327. The lowest BCUT2D eigenvalue weighted by Gasteiger charge is -2.12. The largest absolute Gasteiger partial charge is 0.478 e. The van der Waals surface area contributed by atoms with Crippen molar-refractivity contribution >= 4 is 23.3 Å². The molecule has 4 unspecified atom stereocenters. The number of benzene rings is 1. The summed E-state index contributed by atoms with van der Waals surface area (Å²) in [5.74, 6) is 1.51. The Kier molecular flexibility index (Phi) is 2.55. The molecule has 3 aliphatic rings. The Morgan fingerprint density at radius 3 is 2.48 bits per heavy atom. The van der Waals surface area contributed by atoms with Crippen molar-refractivity contribution in [2.24, 2.45) is 29.6 Å². The molecule has 0 spiro atoms. The van der Waals surface area contributed by atoms with E-state index in [1.807, 2.05) is 0 Å². The molecule has 4 rings (SSSR count). The summed E-state index contributed by atoms with van der Waals surface area (Å²) >= 11 is 0. The van der Waals surface area contributed by atoms with Gasteiger partial charge in [-0.2, -0.15) is 0 Å². The molecule has 4 N–H and O–H groups in total. The van der Waals surface area contributed by atoms with E-state index >= 15 is 0 Å². The topological polar surface area (TPSA) is 92.4 Å². The summed E-state index contributed by atoms with van der Waals surface area (Å²) < 4.78 is 0. The van der Waals surface area contributed by atoms with Crippen molar-refractivity contribution in [2.45, 2.75) is 19.3 Å². The number of hydrogen-bond donors (Lipinski definition) is 3. The number of nitrogens with two attached hydrogens (primary N) is 1. The van der Waals surface area contributed by atoms with Gasteiger partial charge in [-0.05, 0) is 61.1 Å². The van der Waals surface area contributed by atoms with Gasteiger partial charge in [0.25, 0.3) is 0 Å². The van der Waals surface area contributed by atoms with E-state index in [-0.39, 0.29) is 17.4 Å². The van der Waals surface area contributed by atoms with Crippen LogP contribution in [-0.2, 0) is 4.79 Å². The molecule has 1 aromatic carbocycles. The van der Waals surface area contributed by atoms with Crippen LogP contribution in [0, 0.1) is 29.6 Å². The number of fused-ring (bicyclic) bond motifs is 5. The number of carboxylic acids is 1. The van der Waals surface area contributed by atoms with E-state index in [1.54, 1.807) is 0 Å². The van der Waals surface area contributed by atoms with Gasteiger partial charge in [-0.15, -0.1) is 0 Å². The predicted octanol–water partition coefficient (Wildman–Crippen LogP) is 2.20. The van der Waals surface area contributed by atoms with Crippen molar-refractivity contribution in [3.63, 3.8) is 0 Å². The predicted molar refractivity (Wildman–Crippen MR) is 77.7 cm³/mol. The Bertz CT molecular complexity index is 626. The van der Waals surface area contributed by atoms with Gasteiger partial charge in [-0.25, -0.2) is 4.79 Å². The van der Waals surface area contributed by atoms with Crippen LogP contribution >= 0.6 is 0 Å². The second kappa shape index (κ2) is 4.23. The number of amides is 1. The average molecular weight is 286 g/mol. The van der Waals surface area contributed by atoms with Crippen LogP contribution < -0.4 is 11.1 Å². The first kappa shape index (κ1) is 12.7. The molecule has 1 aromatic rings. The van der Waals surface area contributed by atoms with Crippen molar-refractivity contribution in [3.05, 3.63) is 23.8 Å². The van der Waals surface area contributed by atoms with E-state index in [1.165, 1.54) is 37.5 Å². The molecule has 5 nitrogen and oxygen atoms in total. The lowest BCUT2D eigenvalue weighted by Crippen LogP contribution is -2.20. The Balaban J connectivity index is 1.53. The molecule has 0 saturated heterocycles. The van der Waals surface area contributed by atoms with Crippen LogP contribution in [0.3, 0.4) is 0 Å². The van der Waals surface area contributed by atoms with Gasteiger partial charge in [-0.1, -0.05) is 0 Å². The molecule has 2 bridgehead atoms. The van der Waals surface area contributed by atoms with Gasteiger partial charge >= 0.3 is 5.97 Å². The highest BCUT2D eigenvalue weighted by molar-refractivity contribution is 6.02. The first-order valence-electron chi connectivity index (χ1n) is 7.50. The first-order chi connectivity index (χ1) is 10.1. The third kappa shape index (κ3) is 1.83. The second-order valence-corrected chi connectivity index (χ2v) is 6.61. The van der Waals surface area contributed by atoms with Gasteiger partial charge in [0.05, 0.1) is 11.3 Å². The van der Waals surface area contributed by atoms with E-state index in [9.17, 15) is 14.7 Å². The summed E-state index contributed by atoms with van der Waals surface area (Å²) in [7, 11) is 0. The van der Waals surface area contributed by atoms with Crippen LogP contribution in [0.25, 0.3) is 0 Å². The lowest BCUT2D eigenvalue weighted by molar-refractivity contribution is -0.118. The summed E-state index contributed by atoms with van der Waals surface area (Å²) in [5.41, 5.74) is 6.55. The molecule has 1 amide bonds. The minimum Gasteiger partial charge on any atom is -0.478 e. The molecule has 21 heavy (non-hydrogen) atoms. The number of carbonyl (C=O) groups is 2. The third-order valence-electron chi connectivity index (χ3n) is 5.57. The zero-order valence-corrected chi connectivity index (χ0v) is 11.6. The average Bonchev–Trinajstić information content (AvgIpc) is 2.88. The lowest BCUT2D eigenvalue weighted by atomic mass is 10.0. The van der Waals surface area contributed by atoms with Crippen molar-refractivity contribution < 1.29 is 14.7 Å². The van der Waals surface area contributed by atoms with Crippen LogP contribution in [0.2, 0.25) is 0 Å².